The van der Waals surface area contributed by atoms with Gasteiger partial charge >= 0.3 is 5.97 Å². The summed E-state index contributed by atoms with van der Waals surface area (Å²) in [6.07, 6.45) is 1.87. The van der Waals surface area contributed by atoms with E-state index in [9.17, 15) is 4.79 Å². The average molecular weight is 289 g/mol. The Morgan fingerprint density at radius 2 is 2.33 bits per heavy atom. The molecule has 0 amide bonds. The first-order valence-electron chi connectivity index (χ1n) is 4.67. The predicted molar refractivity (Wildman–Crippen MR) is 67.5 cm³/mol. The van der Waals surface area contributed by atoms with Crippen molar-refractivity contribution in [3.63, 3.8) is 0 Å². The Balaban J connectivity index is 2.82. The molecule has 82 valence electrons. The fourth-order valence-electron chi connectivity index (χ4n) is 1.08. The quantitative estimate of drug-likeness (QED) is 0.482. The molecule has 1 heterocycles. The average Bonchev–Trinajstić information content (AvgIpc) is 2.61. The summed E-state index contributed by atoms with van der Waals surface area (Å²) in [5.74, 6) is -0.250. The second kappa shape index (κ2) is 6.08. The Morgan fingerprint density at radius 3 is 2.80 bits per heavy atom. The number of rotatable bonds is 4. The fourth-order valence-corrected chi connectivity index (χ4v) is 2.31. The molecule has 0 N–H and O–H groups in total. The maximum absolute atomic E-state index is 11.5. The van der Waals surface area contributed by atoms with Crippen molar-refractivity contribution in [3.05, 3.63) is 27.5 Å². The summed E-state index contributed by atoms with van der Waals surface area (Å²) in [7, 11) is 0. The minimum atomic E-state index is -0.250. The zero-order valence-corrected chi connectivity index (χ0v) is 11.2. The number of hydrogen-bond donors (Lipinski definition) is 0. The van der Waals surface area contributed by atoms with Crippen LogP contribution in [0, 0.1) is 6.92 Å². The van der Waals surface area contributed by atoms with Gasteiger partial charge in [-0.25, -0.2) is 4.79 Å². The van der Waals surface area contributed by atoms with Gasteiger partial charge in [-0.1, -0.05) is 15.9 Å². The molecular weight excluding hydrogens is 276 g/mol. The lowest BCUT2D eigenvalue weighted by molar-refractivity contribution is -0.138. The van der Waals surface area contributed by atoms with Crippen LogP contribution in [-0.2, 0) is 9.53 Å². The summed E-state index contributed by atoms with van der Waals surface area (Å²) in [6.45, 7) is 4.26. The molecular formula is C11H13BrO2S. The summed E-state index contributed by atoms with van der Waals surface area (Å²) in [5.41, 5.74) is 0.652. The second-order valence-corrected chi connectivity index (χ2v) is 4.85. The SMILES string of the molecule is CCOC(=O)C(=Cc1ccc(C)s1)CBr. The van der Waals surface area contributed by atoms with Crippen molar-refractivity contribution in [2.75, 3.05) is 11.9 Å². The van der Waals surface area contributed by atoms with Crippen molar-refractivity contribution in [2.24, 2.45) is 0 Å². The number of carbonyl (C=O) groups is 1. The lowest BCUT2D eigenvalue weighted by atomic mass is 10.2. The van der Waals surface area contributed by atoms with Crippen LogP contribution in [0.4, 0.5) is 0 Å². The van der Waals surface area contributed by atoms with Gasteiger partial charge in [0.15, 0.2) is 0 Å². The zero-order chi connectivity index (χ0) is 11.3. The molecule has 0 unspecified atom stereocenters. The molecule has 4 heteroatoms. The second-order valence-electron chi connectivity index (χ2n) is 2.97. The molecule has 1 aromatic rings. The molecule has 15 heavy (non-hydrogen) atoms. The molecule has 0 atom stereocenters. The van der Waals surface area contributed by atoms with E-state index in [1.807, 2.05) is 25.1 Å². The van der Waals surface area contributed by atoms with Crippen LogP contribution in [0.3, 0.4) is 0 Å². The van der Waals surface area contributed by atoms with E-state index < -0.39 is 0 Å². The molecule has 0 saturated carbocycles. The lowest BCUT2D eigenvalue weighted by Crippen LogP contribution is -2.08. The van der Waals surface area contributed by atoms with Crippen LogP contribution < -0.4 is 0 Å². The van der Waals surface area contributed by atoms with Crippen LogP contribution in [0.1, 0.15) is 16.7 Å². The van der Waals surface area contributed by atoms with Crippen molar-refractivity contribution in [1.29, 1.82) is 0 Å². The Hall–Kier alpha value is -0.610. The van der Waals surface area contributed by atoms with Gasteiger partial charge in [0.25, 0.3) is 0 Å². The van der Waals surface area contributed by atoms with Crippen molar-refractivity contribution < 1.29 is 9.53 Å². The first kappa shape index (κ1) is 12.5. The predicted octanol–water partition coefficient (Wildman–Crippen LogP) is 3.40. The molecule has 0 aromatic carbocycles. The number of carbonyl (C=O) groups excluding carboxylic acids is 1. The fraction of sp³-hybridized carbons (Fsp3) is 0.364. The summed E-state index contributed by atoms with van der Waals surface area (Å²) in [4.78, 5) is 13.8. The summed E-state index contributed by atoms with van der Waals surface area (Å²) in [5, 5.41) is 0.517. The highest BCUT2D eigenvalue weighted by Crippen LogP contribution is 2.19. The molecule has 0 aliphatic heterocycles. The molecule has 0 saturated heterocycles. The van der Waals surface area contributed by atoms with Gasteiger partial charge in [-0.15, -0.1) is 11.3 Å². The third-order valence-corrected chi connectivity index (χ3v) is 3.31. The maximum atomic E-state index is 11.5. The largest absolute Gasteiger partial charge is 0.463 e. The van der Waals surface area contributed by atoms with Crippen molar-refractivity contribution in [2.45, 2.75) is 13.8 Å². The number of alkyl halides is 1. The molecule has 0 radical (unpaired) electrons. The number of thiophene rings is 1. The standard InChI is InChI=1S/C11H13BrO2S/c1-3-14-11(13)9(7-12)6-10-5-4-8(2)15-10/h4-6H,3,7H2,1-2H3. The van der Waals surface area contributed by atoms with Gasteiger partial charge in [0.05, 0.1) is 6.61 Å². The van der Waals surface area contributed by atoms with Crippen LogP contribution in [0.2, 0.25) is 0 Å². The number of hydrogen-bond acceptors (Lipinski definition) is 3. The van der Waals surface area contributed by atoms with E-state index in [1.165, 1.54) is 4.88 Å². The van der Waals surface area contributed by atoms with Crippen LogP contribution in [0.5, 0.6) is 0 Å². The normalized spacial score (nSPS) is 11.5. The maximum Gasteiger partial charge on any atom is 0.334 e. The van der Waals surface area contributed by atoms with Crippen LogP contribution in [0.15, 0.2) is 17.7 Å². The number of ether oxygens (including phenoxy) is 1. The van der Waals surface area contributed by atoms with E-state index in [1.54, 1.807) is 18.3 Å². The Kier molecular flexibility index (Phi) is 5.05. The molecule has 0 aliphatic carbocycles. The molecule has 0 aliphatic rings. The topological polar surface area (TPSA) is 26.3 Å². The third-order valence-electron chi connectivity index (χ3n) is 1.76. The van der Waals surface area contributed by atoms with Gasteiger partial charge in [-0.2, -0.15) is 0 Å². The summed E-state index contributed by atoms with van der Waals surface area (Å²) in [6, 6.07) is 4.04. The van der Waals surface area contributed by atoms with E-state index in [2.05, 4.69) is 15.9 Å². The van der Waals surface area contributed by atoms with Crippen molar-refractivity contribution >= 4 is 39.3 Å². The van der Waals surface area contributed by atoms with E-state index in [4.69, 9.17) is 4.74 Å². The van der Waals surface area contributed by atoms with Gasteiger partial charge < -0.3 is 4.74 Å². The number of halogens is 1. The summed E-state index contributed by atoms with van der Waals surface area (Å²) >= 11 is 4.95. The molecule has 2 nitrogen and oxygen atoms in total. The van der Waals surface area contributed by atoms with Crippen molar-refractivity contribution in [1.82, 2.24) is 0 Å². The first-order chi connectivity index (χ1) is 7.17. The smallest absolute Gasteiger partial charge is 0.334 e. The first-order valence-corrected chi connectivity index (χ1v) is 6.61. The van der Waals surface area contributed by atoms with Gasteiger partial charge in [0.2, 0.25) is 0 Å². The molecule has 0 fully saturated rings. The summed E-state index contributed by atoms with van der Waals surface area (Å²) < 4.78 is 4.94. The van der Waals surface area contributed by atoms with Gasteiger partial charge in [0.1, 0.15) is 0 Å². The molecule has 1 aromatic heterocycles. The van der Waals surface area contributed by atoms with Crippen LogP contribution >= 0.6 is 27.3 Å². The van der Waals surface area contributed by atoms with Gasteiger partial charge in [-0.3, -0.25) is 0 Å². The van der Waals surface area contributed by atoms with Crippen molar-refractivity contribution in [3.8, 4) is 0 Å². The Labute approximate surface area is 102 Å². The van der Waals surface area contributed by atoms with E-state index in [0.29, 0.717) is 17.5 Å². The zero-order valence-electron chi connectivity index (χ0n) is 8.75. The van der Waals surface area contributed by atoms with Crippen LogP contribution in [0.25, 0.3) is 6.08 Å². The number of esters is 1. The minimum Gasteiger partial charge on any atom is -0.463 e. The Morgan fingerprint density at radius 1 is 1.60 bits per heavy atom. The highest BCUT2D eigenvalue weighted by Gasteiger charge is 2.09. The third kappa shape index (κ3) is 3.80. The lowest BCUT2D eigenvalue weighted by Gasteiger charge is -2.02. The Bertz CT molecular complexity index is 368. The highest BCUT2D eigenvalue weighted by molar-refractivity contribution is 9.09. The van der Waals surface area contributed by atoms with E-state index in [0.717, 1.165) is 4.88 Å². The molecule has 1 rings (SSSR count). The monoisotopic (exact) mass is 288 g/mol. The van der Waals surface area contributed by atoms with E-state index >= 15 is 0 Å². The molecule has 0 bridgehead atoms. The van der Waals surface area contributed by atoms with E-state index in [-0.39, 0.29) is 5.97 Å². The molecule has 0 spiro atoms. The number of aryl methyl sites for hydroxylation is 1. The van der Waals surface area contributed by atoms with Gasteiger partial charge in [0, 0.05) is 20.7 Å². The minimum absolute atomic E-state index is 0.250. The highest BCUT2D eigenvalue weighted by atomic mass is 79.9. The van der Waals surface area contributed by atoms with Crippen LogP contribution in [-0.4, -0.2) is 17.9 Å². The van der Waals surface area contributed by atoms with Gasteiger partial charge in [-0.05, 0) is 32.1 Å².